The molecule has 0 bridgehead atoms. The zero-order valence-corrected chi connectivity index (χ0v) is 20.9. The lowest BCUT2D eigenvalue weighted by atomic mass is 10.1. The number of aryl methyl sites for hydroxylation is 1. The first kappa shape index (κ1) is 24.4. The lowest BCUT2D eigenvalue weighted by molar-refractivity contribution is 0.0695. The van der Waals surface area contributed by atoms with Crippen molar-refractivity contribution < 1.29 is 19.0 Å². The fourth-order valence-corrected chi connectivity index (χ4v) is 5.21. The van der Waals surface area contributed by atoms with E-state index in [4.69, 9.17) is 4.74 Å². The van der Waals surface area contributed by atoms with Gasteiger partial charge in [-0.05, 0) is 56.2 Å². The number of ether oxygens (including phenoxy) is 1. The number of carboxylic acids is 1. The molecular formula is C28H24FN5O5. The van der Waals surface area contributed by atoms with Crippen LogP contribution in [0.4, 0.5) is 10.1 Å². The summed E-state index contributed by atoms with van der Waals surface area (Å²) >= 11 is 0. The Kier molecular flexibility index (Phi) is 5.90. The van der Waals surface area contributed by atoms with E-state index in [1.807, 2.05) is 24.0 Å². The van der Waals surface area contributed by atoms with E-state index in [-0.39, 0.29) is 17.1 Å². The van der Waals surface area contributed by atoms with Crippen LogP contribution in [0.15, 0.2) is 64.4 Å². The van der Waals surface area contributed by atoms with E-state index < -0.39 is 22.8 Å². The number of imidazole rings is 1. The second-order valence-electron chi connectivity index (χ2n) is 9.60. The number of carbonyl (C=O) groups is 1. The third-order valence-corrected chi connectivity index (χ3v) is 7.14. The maximum Gasteiger partial charge on any atom is 0.341 e. The minimum Gasteiger partial charge on any atom is -0.477 e. The van der Waals surface area contributed by atoms with E-state index in [0.29, 0.717) is 47.0 Å². The minimum atomic E-state index is -1.42. The average Bonchev–Trinajstić information content (AvgIpc) is 3.53. The van der Waals surface area contributed by atoms with E-state index in [0.717, 1.165) is 24.5 Å². The average molecular weight is 530 g/mol. The number of aromatic nitrogens is 4. The molecule has 1 fully saturated rings. The summed E-state index contributed by atoms with van der Waals surface area (Å²) in [6.07, 6.45) is 4.50. The number of nitrogens with one attached hydrogen (secondary N) is 2. The third kappa shape index (κ3) is 4.31. The number of aromatic amines is 2. The lowest BCUT2D eigenvalue weighted by Crippen LogP contribution is -2.35. The number of H-pyrrole nitrogens is 2. The SMILES string of the molecule is Cc1cccnc1OC[C@H]1CCCN1c1cc2c(cc1F)c(=O)c(C(=O)O)cn2-c1ccc2[nH]c(=O)[nH]c2c1. The van der Waals surface area contributed by atoms with Crippen molar-refractivity contribution in [1.82, 2.24) is 19.5 Å². The second-order valence-corrected chi connectivity index (χ2v) is 9.60. The summed E-state index contributed by atoms with van der Waals surface area (Å²) in [5.41, 5.74) is 1.45. The zero-order valence-electron chi connectivity index (χ0n) is 20.9. The fourth-order valence-electron chi connectivity index (χ4n) is 5.21. The van der Waals surface area contributed by atoms with Crippen molar-refractivity contribution in [3.63, 3.8) is 0 Å². The number of halogens is 1. The molecule has 0 unspecified atom stereocenters. The summed E-state index contributed by atoms with van der Waals surface area (Å²) < 4.78 is 23.1. The first-order valence-electron chi connectivity index (χ1n) is 12.5. The maximum atomic E-state index is 15.6. The van der Waals surface area contributed by atoms with Crippen molar-refractivity contribution in [3.8, 4) is 11.6 Å². The van der Waals surface area contributed by atoms with Gasteiger partial charge in [-0.1, -0.05) is 6.07 Å². The van der Waals surface area contributed by atoms with E-state index >= 15 is 4.39 Å². The molecule has 3 aromatic heterocycles. The number of nitrogens with zero attached hydrogens (tertiary/aromatic N) is 3. The van der Waals surface area contributed by atoms with Crippen LogP contribution in [0, 0.1) is 12.7 Å². The Balaban J connectivity index is 1.47. The number of hydrogen-bond donors (Lipinski definition) is 3. The molecule has 1 aliphatic heterocycles. The van der Waals surface area contributed by atoms with Crippen molar-refractivity contribution in [3.05, 3.63) is 92.5 Å². The van der Waals surface area contributed by atoms with Gasteiger partial charge in [0.15, 0.2) is 0 Å². The van der Waals surface area contributed by atoms with Crippen LogP contribution in [0.25, 0.3) is 27.6 Å². The van der Waals surface area contributed by atoms with Gasteiger partial charge >= 0.3 is 11.7 Å². The monoisotopic (exact) mass is 529 g/mol. The molecule has 10 nitrogen and oxygen atoms in total. The Hall–Kier alpha value is -4.93. The number of aromatic carboxylic acids is 1. The highest BCUT2D eigenvalue weighted by Gasteiger charge is 2.29. The van der Waals surface area contributed by atoms with E-state index in [9.17, 15) is 19.5 Å². The summed E-state index contributed by atoms with van der Waals surface area (Å²) in [4.78, 5) is 48.2. The summed E-state index contributed by atoms with van der Waals surface area (Å²) in [6.45, 7) is 2.80. The molecule has 5 aromatic rings. The highest BCUT2D eigenvalue weighted by molar-refractivity contribution is 5.94. The smallest absolute Gasteiger partial charge is 0.341 e. The molecule has 1 atom stereocenters. The molecule has 4 heterocycles. The molecule has 2 aromatic carbocycles. The van der Waals surface area contributed by atoms with Gasteiger partial charge in [-0.2, -0.15) is 0 Å². The molecule has 11 heteroatoms. The van der Waals surface area contributed by atoms with Crippen LogP contribution in [0.1, 0.15) is 28.8 Å². The number of anilines is 1. The van der Waals surface area contributed by atoms with Gasteiger partial charge in [-0.25, -0.2) is 19.0 Å². The number of fused-ring (bicyclic) bond motifs is 2. The molecule has 0 amide bonds. The highest BCUT2D eigenvalue weighted by Crippen LogP contribution is 2.32. The summed E-state index contributed by atoms with van der Waals surface area (Å²) in [7, 11) is 0. The van der Waals surface area contributed by atoms with Crippen LogP contribution >= 0.6 is 0 Å². The number of carboxylic acid groups (broad SMARTS) is 1. The summed E-state index contributed by atoms with van der Waals surface area (Å²) in [6, 6.07) is 11.3. The lowest BCUT2D eigenvalue weighted by Gasteiger charge is -2.28. The van der Waals surface area contributed by atoms with Gasteiger partial charge in [0, 0.05) is 35.6 Å². The third-order valence-electron chi connectivity index (χ3n) is 7.14. The molecule has 0 radical (unpaired) electrons. The number of hydrogen-bond acceptors (Lipinski definition) is 6. The van der Waals surface area contributed by atoms with Crippen LogP contribution in [0.2, 0.25) is 0 Å². The topological polar surface area (TPSA) is 133 Å². The Labute approximate surface area is 220 Å². The number of benzene rings is 2. The van der Waals surface area contributed by atoms with Crippen LogP contribution in [0.5, 0.6) is 5.88 Å². The van der Waals surface area contributed by atoms with Crippen LogP contribution in [-0.2, 0) is 0 Å². The Morgan fingerprint density at radius 2 is 2.00 bits per heavy atom. The predicted molar refractivity (Wildman–Crippen MR) is 144 cm³/mol. The maximum absolute atomic E-state index is 15.6. The van der Waals surface area contributed by atoms with Gasteiger partial charge in [0.05, 0.1) is 28.3 Å². The quantitative estimate of drug-likeness (QED) is 0.305. The standard InChI is InChI=1S/C28H24FN5O5/c1-15-4-2-8-30-26(15)39-14-17-5-3-9-33(17)24-12-23-18(11-20(24)29)25(35)19(27(36)37)13-34(23)16-6-7-21-22(10-16)32-28(38)31-21/h2,4,6-8,10-13,17H,3,5,9,14H2,1H3,(H,36,37)(H2,31,32,38)/t17-/m1/s1. The van der Waals surface area contributed by atoms with Crippen molar-refractivity contribution in [2.75, 3.05) is 18.1 Å². The first-order valence-corrected chi connectivity index (χ1v) is 12.5. The van der Waals surface area contributed by atoms with E-state index in [1.54, 1.807) is 30.5 Å². The molecule has 0 saturated carbocycles. The summed E-state index contributed by atoms with van der Waals surface area (Å²) in [5, 5.41) is 9.63. The molecule has 0 spiro atoms. The molecule has 6 rings (SSSR count). The molecule has 0 aliphatic carbocycles. The fraction of sp³-hybridized carbons (Fsp3) is 0.214. The molecule has 1 saturated heterocycles. The Bertz CT molecular complexity index is 1870. The van der Waals surface area contributed by atoms with E-state index in [1.165, 1.54) is 10.8 Å². The van der Waals surface area contributed by atoms with Gasteiger partial charge in [0.1, 0.15) is 18.0 Å². The number of pyridine rings is 2. The van der Waals surface area contributed by atoms with Gasteiger partial charge in [0.2, 0.25) is 11.3 Å². The normalized spacial score (nSPS) is 15.3. The van der Waals surface area contributed by atoms with Gasteiger partial charge in [-0.3, -0.25) is 4.79 Å². The molecule has 1 aliphatic rings. The van der Waals surface area contributed by atoms with Crippen molar-refractivity contribution in [1.29, 1.82) is 0 Å². The Morgan fingerprint density at radius 3 is 2.79 bits per heavy atom. The van der Waals surface area contributed by atoms with Gasteiger partial charge in [0.25, 0.3) is 0 Å². The predicted octanol–water partition coefficient (Wildman–Crippen LogP) is 3.75. The number of rotatable bonds is 6. The van der Waals surface area contributed by atoms with Crippen LogP contribution in [-0.4, -0.2) is 49.8 Å². The zero-order chi connectivity index (χ0) is 27.3. The van der Waals surface area contributed by atoms with Crippen molar-refractivity contribution >= 4 is 33.6 Å². The van der Waals surface area contributed by atoms with Gasteiger partial charge in [-0.15, -0.1) is 0 Å². The molecule has 198 valence electrons. The molecule has 39 heavy (non-hydrogen) atoms. The van der Waals surface area contributed by atoms with Crippen molar-refractivity contribution in [2.45, 2.75) is 25.8 Å². The van der Waals surface area contributed by atoms with Crippen LogP contribution in [0.3, 0.4) is 0 Å². The largest absolute Gasteiger partial charge is 0.477 e. The van der Waals surface area contributed by atoms with Crippen LogP contribution < -0.4 is 20.8 Å². The van der Waals surface area contributed by atoms with Gasteiger partial charge < -0.3 is 29.3 Å². The highest BCUT2D eigenvalue weighted by atomic mass is 19.1. The second kappa shape index (κ2) is 9.43. The molecular weight excluding hydrogens is 505 g/mol. The Morgan fingerprint density at radius 1 is 1.18 bits per heavy atom. The van der Waals surface area contributed by atoms with E-state index in [2.05, 4.69) is 15.0 Å². The summed E-state index contributed by atoms with van der Waals surface area (Å²) in [5.74, 6) is -1.52. The minimum absolute atomic E-state index is 0.0603. The molecule has 3 N–H and O–H groups in total. The van der Waals surface area contributed by atoms with Crippen molar-refractivity contribution in [2.24, 2.45) is 0 Å². The first-order chi connectivity index (χ1) is 18.8.